The van der Waals surface area contributed by atoms with Gasteiger partial charge < -0.3 is 5.32 Å². The maximum Gasteiger partial charge on any atom is 0.419 e. The highest BCUT2D eigenvalue weighted by atomic mass is 19.4. The van der Waals surface area contributed by atoms with Gasteiger partial charge in [0.2, 0.25) is 5.96 Å². The Morgan fingerprint density at radius 3 is 2.61 bits per heavy atom. The Balaban J connectivity index is 1.46. The van der Waals surface area contributed by atoms with Crippen LogP contribution >= 0.6 is 0 Å². The Morgan fingerprint density at radius 1 is 1.11 bits per heavy atom. The Bertz CT molecular complexity index is 1380. The third-order valence-corrected chi connectivity index (χ3v) is 6.96. The number of nitrogens with one attached hydrogen (secondary N) is 1. The van der Waals surface area contributed by atoms with E-state index < -0.39 is 17.6 Å². The number of alkyl halides is 3. The van der Waals surface area contributed by atoms with Crippen LogP contribution in [0.2, 0.25) is 0 Å². The van der Waals surface area contributed by atoms with Gasteiger partial charge in [0.1, 0.15) is 17.2 Å². The van der Waals surface area contributed by atoms with E-state index in [1.54, 1.807) is 7.05 Å². The van der Waals surface area contributed by atoms with Crippen molar-refractivity contribution < 1.29 is 22.4 Å². The number of aliphatic imine (C=N–C) groups is 1. The average molecular weight is 498 g/mol. The molecule has 0 radical (unpaired) electrons. The van der Waals surface area contributed by atoms with Crippen molar-refractivity contribution in [1.82, 2.24) is 14.7 Å². The van der Waals surface area contributed by atoms with Crippen LogP contribution in [-0.4, -0.2) is 45.7 Å². The van der Waals surface area contributed by atoms with Gasteiger partial charge in [-0.3, -0.25) is 14.6 Å². The van der Waals surface area contributed by atoms with E-state index in [1.807, 2.05) is 35.2 Å². The van der Waals surface area contributed by atoms with Crippen molar-refractivity contribution >= 4 is 29.2 Å². The number of hydrogen-bond donors (Lipinski definition) is 1. The topological polar surface area (TPSA) is 65.8 Å². The summed E-state index contributed by atoms with van der Waals surface area (Å²) in [6.07, 6.45) is -1.91. The number of hydrogen-bond acceptors (Lipinski definition) is 5. The van der Waals surface area contributed by atoms with E-state index in [1.165, 1.54) is 15.6 Å². The Hall–Kier alpha value is -3.89. The maximum absolute atomic E-state index is 14.3. The van der Waals surface area contributed by atoms with Crippen LogP contribution in [0.5, 0.6) is 0 Å². The molecule has 0 bridgehead atoms. The minimum absolute atomic E-state index is 0.0391. The van der Waals surface area contributed by atoms with Crippen LogP contribution in [0.1, 0.15) is 40.7 Å². The first-order valence-corrected chi connectivity index (χ1v) is 11.7. The molecular formula is C25H22F4N6O. The smallest absolute Gasteiger partial charge is 0.340 e. The lowest BCUT2D eigenvalue weighted by molar-refractivity contribution is -0.140. The largest absolute Gasteiger partial charge is 0.419 e. The summed E-state index contributed by atoms with van der Waals surface area (Å²) >= 11 is 0. The number of aromatic nitrogens is 2. The minimum Gasteiger partial charge on any atom is -0.340 e. The fraction of sp³-hybridized carbons (Fsp3) is 0.320. The van der Waals surface area contributed by atoms with Crippen LogP contribution in [0.3, 0.4) is 0 Å². The fourth-order valence-electron chi connectivity index (χ4n) is 5.26. The standard InChI is InChI=1S/C25H22F4N6O/c1-33-23(36)20-21(30-15-6-3-2-4-7-15)34(13-14-10-11-16(17(26)12-14)25(27,28)29)32-22(20)35-19-9-5-8-18(19)31-24(33)35/h2-4,6-7,10-12,18-19,30H,5,8-9,13H2,1H3. The normalized spacial score (nSPS) is 20.8. The predicted octanol–water partition coefficient (Wildman–Crippen LogP) is 5.02. The zero-order valence-corrected chi connectivity index (χ0v) is 19.3. The quantitative estimate of drug-likeness (QED) is 0.514. The van der Waals surface area contributed by atoms with Crippen molar-refractivity contribution in [3.8, 4) is 0 Å². The van der Waals surface area contributed by atoms with Gasteiger partial charge in [-0.15, -0.1) is 0 Å². The zero-order chi connectivity index (χ0) is 25.2. The van der Waals surface area contributed by atoms with Crippen molar-refractivity contribution in [3.05, 3.63) is 71.0 Å². The molecular weight excluding hydrogens is 476 g/mol. The van der Waals surface area contributed by atoms with Crippen molar-refractivity contribution in [2.24, 2.45) is 4.99 Å². The number of carbonyl (C=O) groups is 1. The average Bonchev–Trinajstić information content (AvgIpc) is 3.51. The fourth-order valence-corrected chi connectivity index (χ4v) is 5.26. The van der Waals surface area contributed by atoms with E-state index in [4.69, 9.17) is 10.1 Å². The van der Waals surface area contributed by atoms with Crippen LogP contribution in [-0.2, 0) is 12.7 Å². The number of amides is 1. The number of benzene rings is 2. The third-order valence-electron chi connectivity index (χ3n) is 6.96. The molecule has 1 aromatic heterocycles. The first kappa shape index (κ1) is 22.6. The summed E-state index contributed by atoms with van der Waals surface area (Å²) in [5.41, 5.74) is 0.0114. The Labute approximate surface area is 204 Å². The van der Waals surface area contributed by atoms with Gasteiger partial charge in [0.15, 0.2) is 5.82 Å². The van der Waals surface area contributed by atoms with Gasteiger partial charge >= 0.3 is 6.18 Å². The van der Waals surface area contributed by atoms with Crippen molar-refractivity contribution in [2.45, 2.75) is 44.1 Å². The summed E-state index contributed by atoms with van der Waals surface area (Å²) in [6, 6.07) is 12.2. The van der Waals surface area contributed by atoms with E-state index in [0.29, 0.717) is 28.8 Å². The summed E-state index contributed by atoms with van der Waals surface area (Å²) < 4.78 is 55.0. The second-order valence-corrected chi connectivity index (χ2v) is 9.24. The van der Waals surface area contributed by atoms with E-state index in [9.17, 15) is 22.4 Å². The molecule has 0 saturated heterocycles. The van der Waals surface area contributed by atoms with Crippen molar-refractivity contribution in [1.29, 1.82) is 0 Å². The molecule has 11 heteroatoms. The maximum atomic E-state index is 14.3. The van der Waals surface area contributed by atoms with Gasteiger partial charge in [0.25, 0.3) is 5.91 Å². The lowest BCUT2D eigenvalue weighted by Gasteiger charge is -2.34. The molecule has 3 heterocycles. The van der Waals surface area contributed by atoms with E-state index in [2.05, 4.69) is 5.32 Å². The number of fused-ring (bicyclic) bond motifs is 5. The molecule has 2 aliphatic heterocycles. The lowest BCUT2D eigenvalue weighted by atomic mass is 10.1. The first-order valence-electron chi connectivity index (χ1n) is 11.7. The van der Waals surface area contributed by atoms with Crippen LogP contribution in [0.4, 0.5) is 34.9 Å². The molecule has 2 aromatic carbocycles. The molecule has 186 valence electrons. The molecule has 3 aromatic rings. The van der Waals surface area contributed by atoms with Gasteiger partial charge in [-0.1, -0.05) is 24.3 Å². The number of guanidine groups is 1. The molecule has 3 aliphatic rings. The minimum atomic E-state index is -4.78. The number of rotatable bonds is 4. The van der Waals surface area contributed by atoms with Gasteiger partial charge in [0, 0.05) is 12.7 Å². The first-order chi connectivity index (χ1) is 17.2. The molecule has 1 fully saturated rings. The zero-order valence-electron chi connectivity index (χ0n) is 19.3. The monoisotopic (exact) mass is 498 g/mol. The van der Waals surface area contributed by atoms with Gasteiger partial charge in [-0.2, -0.15) is 18.3 Å². The van der Waals surface area contributed by atoms with Crippen LogP contribution < -0.4 is 10.2 Å². The van der Waals surface area contributed by atoms with Crippen LogP contribution in [0.15, 0.2) is 53.5 Å². The Kier molecular flexibility index (Phi) is 5.06. The van der Waals surface area contributed by atoms with E-state index in [0.717, 1.165) is 31.4 Å². The van der Waals surface area contributed by atoms with Crippen LogP contribution in [0, 0.1) is 5.82 Å². The number of halogens is 4. The highest BCUT2D eigenvalue weighted by molar-refractivity contribution is 6.21. The molecule has 2 unspecified atom stereocenters. The summed E-state index contributed by atoms with van der Waals surface area (Å²) in [7, 11) is 1.67. The SMILES string of the molecule is CN1C(=O)c2c(nn(Cc3ccc(C(F)(F)F)c(F)c3)c2Nc2ccccc2)N2C1=NC1CCCC12. The second kappa shape index (κ2) is 8.07. The lowest BCUT2D eigenvalue weighted by Crippen LogP contribution is -2.51. The van der Waals surface area contributed by atoms with Gasteiger partial charge in [-0.25, -0.2) is 14.1 Å². The van der Waals surface area contributed by atoms with E-state index >= 15 is 0 Å². The number of carbonyl (C=O) groups excluding carboxylic acids is 1. The summed E-state index contributed by atoms with van der Waals surface area (Å²) in [4.78, 5) is 21.8. The Morgan fingerprint density at radius 2 is 1.89 bits per heavy atom. The number of nitrogens with zero attached hydrogens (tertiary/aromatic N) is 5. The highest BCUT2D eigenvalue weighted by Gasteiger charge is 2.49. The van der Waals surface area contributed by atoms with Crippen molar-refractivity contribution in [2.75, 3.05) is 17.3 Å². The molecule has 0 spiro atoms. The summed E-state index contributed by atoms with van der Waals surface area (Å²) in [6.45, 7) is -0.0391. The number of para-hydroxylation sites is 1. The number of anilines is 3. The van der Waals surface area contributed by atoms with Gasteiger partial charge in [-0.05, 0) is 49.1 Å². The summed E-state index contributed by atoms with van der Waals surface area (Å²) in [5.74, 6) is -0.249. The van der Waals surface area contributed by atoms with Gasteiger partial charge in [0.05, 0.1) is 24.2 Å². The molecule has 7 nitrogen and oxygen atoms in total. The third kappa shape index (κ3) is 3.52. The molecule has 2 atom stereocenters. The van der Waals surface area contributed by atoms with Crippen molar-refractivity contribution in [3.63, 3.8) is 0 Å². The summed E-state index contributed by atoms with van der Waals surface area (Å²) in [5, 5.41) is 7.99. The molecule has 1 aliphatic carbocycles. The van der Waals surface area contributed by atoms with E-state index in [-0.39, 0.29) is 30.1 Å². The second-order valence-electron chi connectivity index (χ2n) is 9.24. The molecule has 1 N–H and O–H groups in total. The predicted molar refractivity (Wildman–Crippen MR) is 126 cm³/mol. The molecule has 1 saturated carbocycles. The molecule has 6 rings (SSSR count). The van der Waals surface area contributed by atoms with Crippen LogP contribution in [0.25, 0.3) is 0 Å². The molecule has 36 heavy (non-hydrogen) atoms. The molecule has 1 amide bonds. The highest BCUT2D eigenvalue weighted by Crippen LogP contribution is 2.43.